The molecule has 2 aromatic rings. The minimum atomic E-state index is -0.411. The summed E-state index contributed by atoms with van der Waals surface area (Å²) in [6.07, 6.45) is 1.33. The molecule has 3 heteroatoms. The molecule has 0 saturated carbocycles. The van der Waals surface area contributed by atoms with E-state index in [4.69, 9.17) is 4.74 Å². The van der Waals surface area contributed by atoms with Crippen LogP contribution in [0.1, 0.15) is 32.7 Å². The number of rotatable bonds is 2. The van der Waals surface area contributed by atoms with Crippen molar-refractivity contribution in [2.24, 2.45) is 0 Å². The zero-order valence-corrected chi connectivity index (χ0v) is 10.3. The normalized spacial score (nSPS) is 13.2. The molecule has 3 nitrogen and oxygen atoms in total. The predicted octanol–water partition coefficient (Wildman–Crippen LogP) is 3.03. The van der Waals surface area contributed by atoms with Gasteiger partial charge >= 0.3 is 5.97 Å². The Balaban J connectivity index is 1.83. The van der Waals surface area contributed by atoms with Crippen LogP contribution in [0.3, 0.4) is 0 Å². The van der Waals surface area contributed by atoms with Gasteiger partial charge in [0.1, 0.15) is 5.75 Å². The highest BCUT2D eigenvalue weighted by Crippen LogP contribution is 2.26. The molecule has 2 aromatic carbocycles. The van der Waals surface area contributed by atoms with Gasteiger partial charge in [-0.25, -0.2) is 4.79 Å². The van der Waals surface area contributed by atoms with Crippen molar-refractivity contribution in [3.05, 3.63) is 65.2 Å². The topological polar surface area (TPSA) is 43.4 Å². The van der Waals surface area contributed by atoms with Crippen molar-refractivity contribution in [3.63, 3.8) is 0 Å². The van der Waals surface area contributed by atoms with Crippen molar-refractivity contribution >= 4 is 11.8 Å². The Labute approximate surface area is 110 Å². The van der Waals surface area contributed by atoms with E-state index in [1.165, 1.54) is 0 Å². The first-order valence-corrected chi connectivity index (χ1v) is 6.17. The second-order valence-corrected chi connectivity index (χ2v) is 4.50. The van der Waals surface area contributed by atoms with Crippen molar-refractivity contribution in [1.29, 1.82) is 0 Å². The first-order valence-electron chi connectivity index (χ1n) is 6.17. The lowest BCUT2D eigenvalue weighted by atomic mass is 10.1. The molecule has 0 amide bonds. The highest BCUT2D eigenvalue weighted by Gasteiger charge is 2.20. The minimum absolute atomic E-state index is 0.118. The van der Waals surface area contributed by atoms with Crippen LogP contribution in [0.25, 0.3) is 0 Å². The van der Waals surface area contributed by atoms with Gasteiger partial charge in [0.2, 0.25) is 0 Å². The predicted molar refractivity (Wildman–Crippen MR) is 70.5 cm³/mol. The van der Waals surface area contributed by atoms with E-state index in [0.717, 1.165) is 12.0 Å². The van der Waals surface area contributed by atoms with Crippen LogP contribution in [0.4, 0.5) is 0 Å². The third-order valence-electron chi connectivity index (χ3n) is 3.22. The van der Waals surface area contributed by atoms with Crippen LogP contribution in [-0.2, 0) is 6.42 Å². The first-order chi connectivity index (χ1) is 9.24. The average Bonchev–Trinajstić information content (AvgIpc) is 2.81. The van der Waals surface area contributed by atoms with Crippen LogP contribution in [-0.4, -0.2) is 11.8 Å². The number of ketones is 1. The third-order valence-corrected chi connectivity index (χ3v) is 3.22. The molecule has 1 aliphatic carbocycles. The van der Waals surface area contributed by atoms with E-state index in [1.54, 1.807) is 36.4 Å². The van der Waals surface area contributed by atoms with E-state index in [9.17, 15) is 9.59 Å². The molecule has 94 valence electrons. The fourth-order valence-electron chi connectivity index (χ4n) is 2.22. The average molecular weight is 252 g/mol. The van der Waals surface area contributed by atoms with E-state index >= 15 is 0 Å². The van der Waals surface area contributed by atoms with Gasteiger partial charge in [-0.1, -0.05) is 24.3 Å². The lowest BCUT2D eigenvalue weighted by molar-refractivity contribution is 0.0733. The SMILES string of the molecule is O=C(Oc1ccc2c(c1)C(=O)CC2)c1ccccc1. The number of Topliss-reactive ketones (excluding diaryl/α,β-unsaturated/α-hetero) is 1. The van der Waals surface area contributed by atoms with Gasteiger partial charge < -0.3 is 4.74 Å². The summed E-state index contributed by atoms with van der Waals surface area (Å²) in [5.41, 5.74) is 2.21. The maximum absolute atomic E-state index is 11.9. The van der Waals surface area contributed by atoms with E-state index in [1.807, 2.05) is 12.1 Å². The summed E-state index contributed by atoms with van der Waals surface area (Å²) >= 11 is 0. The molecular formula is C16H12O3. The van der Waals surface area contributed by atoms with E-state index in [-0.39, 0.29) is 5.78 Å². The summed E-state index contributed by atoms with van der Waals surface area (Å²) in [7, 11) is 0. The van der Waals surface area contributed by atoms with Crippen LogP contribution in [0, 0.1) is 0 Å². The Morgan fingerprint density at radius 2 is 1.79 bits per heavy atom. The largest absolute Gasteiger partial charge is 0.423 e. The molecule has 0 aliphatic heterocycles. The molecule has 0 unspecified atom stereocenters. The second-order valence-electron chi connectivity index (χ2n) is 4.50. The van der Waals surface area contributed by atoms with Gasteiger partial charge in [0, 0.05) is 12.0 Å². The molecular weight excluding hydrogens is 240 g/mol. The first kappa shape index (κ1) is 11.7. The van der Waals surface area contributed by atoms with Crippen LogP contribution < -0.4 is 4.74 Å². The van der Waals surface area contributed by atoms with Crippen molar-refractivity contribution in [2.45, 2.75) is 12.8 Å². The number of carbonyl (C=O) groups excluding carboxylic acids is 2. The van der Waals surface area contributed by atoms with E-state index in [2.05, 4.69) is 0 Å². The Hall–Kier alpha value is -2.42. The molecule has 0 bridgehead atoms. The quantitative estimate of drug-likeness (QED) is 0.609. The molecule has 19 heavy (non-hydrogen) atoms. The van der Waals surface area contributed by atoms with Gasteiger partial charge in [-0.2, -0.15) is 0 Å². The Morgan fingerprint density at radius 1 is 1.00 bits per heavy atom. The summed E-state index contributed by atoms with van der Waals surface area (Å²) in [5.74, 6) is 0.126. The molecule has 0 aromatic heterocycles. The molecule has 0 heterocycles. The lowest BCUT2D eigenvalue weighted by Crippen LogP contribution is -2.08. The zero-order valence-electron chi connectivity index (χ0n) is 10.3. The highest BCUT2D eigenvalue weighted by molar-refractivity contribution is 6.01. The summed E-state index contributed by atoms with van der Waals surface area (Å²) in [4.78, 5) is 23.5. The van der Waals surface area contributed by atoms with Crippen LogP contribution in [0.2, 0.25) is 0 Å². The maximum atomic E-state index is 11.9. The standard InChI is InChI=1S/C16H12O3/c17-15-9-7-11-6-8-13(10-14(11)15)19-16(18)12-4-2-1-3-5-12/h1-6,8,10H,7,9H2. The Kier molecular flexibility index (Phi) is 2.88. The summed E-state index contributed by atoms with van der Waals surface area (Å²) < 4.78 is 5.28. The fraction of sp³-hybridized carbons (Fsp3) is 0.125. The van der Waals surface area contributed by atoms with Crippen molar-refractivity contribution in [1.82, 2.24) is 0 Å². The summed E-state index contributed by atoms with van der Waals surface area (Å²) in [5, 5.41) is 0. The second kappa shape index (κ2) is 4.69. The molecule has 0 atom stereocenters. The van der Waals surface area contributed by atoms with Gasteiger partial charge in [0.15, 0.2) is 5.78 Å². The number of hydrogen-bond donors (Lipinski definition) is 0. The lowest BCUT2D eigenvalue weighted by Gasteiger charge is -2.06. The Bertz CT molecular complexity index is 644. The summed E-state index contributed by atoms with van der Waals surface area (Å²) in [6.45, 7) is 0. The maximum Gasteiger partial charge on any atom is 0.343 e. The third kappa shape index (κ3) is 2.27. The molecule has 0 saturated heterocycles. The number of hydrogen-bond acceptors (Lipinski definition) is 3. The van der Waals surface area contributed by atoms with Gasteiger partial charge in [-0.15, -0.1) is 0 Å². The van der Waals surface area contributed by atoms with Crippen molar-refractivity contribution < 1.29 is 14.3 Å². The molecule has 0 fully saturated rings. The molecule has 0 N–H and O–H groups in total. The van der Waals surface area contributed by atoms with E-state index in [0.29, 0.717) is 23.3 Å². The number of fused-ring (bicyclic) bond motifs is 1. The summed E-state index contributed by atoms with van der Waals surface area (Å²) in [6, 6.07) is 14.0. The monoisotopic (exact) mass is 252 g/mol. The van der Waals surface area contributed by atoms with Crippen LogP contribution in [0.5, 0.6) is 5.75 Å². The number of benzene rings is 2. The van der Waals surface area contributed by atoms with Gasteiger partial charge in [0.25, 0.3) is 0 Å². The zero-order chi connectivity index (χ0) is 13.2. The van der Waals surface area contributed by atoms with Crippen molar-refractivity contribution in [2.75, 3.05) is 0 Å². The number of ether oxygens (including phenoxy) is 1. The molecule has 0 spiro atoms. The Morgan fingerprint density at radius 3 is 2.58 bits per heavy atom. The van der Waals surface area contributed by atoms with Crippen LogP contribution >= 0.6 is 0 Å². The van der Waals surface area contributed by atoms with Gasteiger partial charge in [-0.3, -0.25) is 4.79 Å². The molecule has 1 aliphatic rings. The van der Waals surface area contributed by atoms with Crippen LogP contribution in [0.15, 0.2) is 48.5 Å². The molecule has 0 radical (unpaired) electrons. The highest BCUT2D eigenvalue weighted by atomic mass is 16.5. The molecule has 3 rings (SSSR count). The number of aryl methyl sites for hydroxylation is 1. The van der Waals surface area contributed by atoms with Gasteiger partial charge in [-0.05, 0) is 36.2 Å². The fourth-order valence-corrected chi connectivity index (χ4v) is 2.22. The smallest absolute Gasteiger partial charge is 0.343 e. The number of esters is 1. The number of carbonyl (C=O) groups is 2. The van der Waals surface area contributed by atoms with E-state index < -0.39 is 5.97 Å². The minimum Gasteiger partial charge on any atom is -0.423 e. The van der Waals surface area contributed by atoms with Gasteiger partial charge in [0.05, 0.1) is 5.56 Å². The van der Waals surface area contributed by atoms with Crippen molar-refractivity contribution in [3.8, 4) is 5.75 Å².